The van der Waals surface area contributed by atoms with Crippen molar-refractivity contribution in [3.8, 4) is 17.3 Å². The maximum Gasteiger partial charge on any atom is 0.417 e. The van der Waals surface area contributed by atoms with Crippen molar-refractivity contribution in [2.45, 2.75) is 6.18 Å². The van der Waals surface area contributed by atoms with Crippen molar-refractivity contribution >= 4 is 23.2 Å². The van der Waals surface area contributed by atoms with Crippen molar-refractivity contribution in [2.24, 2.45) is 0 Å². The zero-order valence-electron chi connectivity index (χ0n) is 17.1. The predicted octanol–water partition coefficient (Wildman–Crippen LogP) is 6.23. The van der Waals surface area contributed by atoms with Crippen molar-refractivity contribution in [3.63, 3.8) is 0 Å². The number of amides is 1. The zero-order valence-corrected chi connectivity index (χ0v) is 17.9. The molecule has 0 radical (unpaired) electrons. The van der Waals surface area contributed by atoms with Gasteiger partial charge in [-0.1, -0.05) is 17.7 Å². The van der Waals surface area contributed by atoms with Crippen LogP contribution in [0.1, 0.15) is 16.1 Å². The molecule has 11 heteroatoms. The summed E-state index contributed by atoms with van der Waals surface area (Å²) in [5, 5.41) is -0.262. The van der Waals surface area contributed by atoms with Gasteiger partial charge in [-0.15, -0.1) is 0 Å². The molecule has 0 spiro atoms. The summed E-state index contributed by atoms with van der Waals surface area (Å²) in [5.41, 5.74) is 4.83. The first kappa shape index (κ1) is 23.1. The topological polar surface area (TPSA) is 68.2 Å². The van der Waals surface area contributed by atoms with Gasteiger partial charge >= 0.3 is 6.18 Å². The summed E-state index contributed by atoms with van der Waals surface area (Å²) >= 11 is 5.99. The molecule has 2 heterocycles. The number of nitrogens with zero attached hydrogens (tertiary/aromatic N) is 2. The van der Waals surface area contributed by atoms with E-state index in [0.717, 1.165) is 6.07 Å². The summed E-state index contributed by atoms with van der Waals surface area (Å²) in [6.07, 6.45) is -2.49. The highest BCUT2D eigenvalue weighted by molar-refractivity contribution is 6.32. The molecule has 1 amide bonds. The SMILES string of the molecule is O=C(NNc1ccc(Oc2cccc(F)c2)cc1)c1cccn1-c1ncc(C(F)(F)F)cc1Cl. The molecule has 0 fully saturated rings. The Morgan fingerprint density at radius 1 is 1.00 bits per heavy atom. The molecule has 2 N–H and O–H groups in total. The summed E-state index contributed by atoms with van der Waals surface area (Å²) in [4.78, 5) is 16.4. The molecule has 0 atom stereocenters. The number of benzene rings is 2. The van der Waals surface area contributed by atoms with Gasteiger partial charge in [0.05, 0.1) is 16.3 Å². The van der Waals surface area contributed by atoms with Gasteiger partial charge in [0.15, 0.2) is 5.82 Å². The second kappa shape index (κ2) is 9.44. The maximum absolute atomic E-state index is 13.3. The van der Waals surface area contributed by atoms with Crippen LogP contribution >= 0.6 is 11.6 Å². The van der Waals surface area contributed by atoms with E-state index in [4.69, 9.17) is 16.3 Å². The van der Waals surface area contributed by atoms with Gasteiger partial charge in [-0.25, -0.2) is 9.37 Å². The summed E-state index contributed by atoms with van der Waals surface area (Å²) < 4.78 is 58.7. The Bertz CT molecular complexity index is 1320. The lowest BCUT2D eigenvalue weighted by molar-refractivity contribution is -0.137. The largest absolute Gasteiger partial charge is 0.457 e. The number of anilines is 1. The van der Waals surface area contributed by atoms with Crippen LogP contribution in [-0.4, -0.2) is 15.5 Å². The number of pyridine rings is 1. The first-order valence-corrected chi connectivity index (χ1v) is 10.1. The van der Waals surface area contributed by atoms with Crippen LogP contribution in [0.5, 0.6) is 11.5 Å². The molecule has 0 saturated heterocycles. The summed E-state index contributed by atoms with van der Waals surface area (Å²) in [6.45, 7) is 0. The van der Waals surface area contributed by atoms with Crippen molar-refractivity contribution in [1.82, 2.24) is 15.0 Å². The molecule has 174 valence electrons. The van der Waals surface area contributed by atoms with E-state index in [1.807, 2.05) is 0 Å². The van der Waals surface area contributed by atoms with Crippen LogP contribution in [0.25, 0.3) is 5.82 Å². The van der Waals surface area contributed by atoms with Crippen molar-refractivity contribution in [1.29, 1.82) is 0 Å². The zero-order chi connectivity index (χ0) is 24.3. The number of carbonyl (C=O) groups excluding carboxylic acids is 1. The number of rotatable bonds is 6. The number of alkyl halides is 3. The average molecular weight is 491 g/mol. The van der Waals surface area contributed by atoms with Gasteiger partial charge in [0.2, 0.25) is 0 Å². The van der Waals surface area contributed by atoms with Crippen LogP contribution in [0, 0.1) is 5.82 Å². The molecular weight excluding hydrogens is 476 g/mol. The molecule has 0 aliphatic heterocycles. The fourth-order valence-electron chi connectivity index (χ4n) is 2.98. The molecule has 0 unspecified atom stereocenters. The summed E-state index contributed by atoms with van der Waals surface area (Å²) in [6, 6.07) is 15.9. The molecule has 0 aliphatic carbocycles. The van der Waals surface area contributed by atoms with Gasteiger partial charge in [-0.2, -0.15) is 13.2 Å². The number of aromatic nitrogens is 2. The third-order valence-electron chi connectivity index (χ3n) is 4.57. The van der Waals surface area contributed by atoms with Crippen molar-refractivity contribution in [2.75, 3.05) is 5.43 Å². The number of hydrogen-bond acceptors (Lipinski definition) is 4. The minimum atomic E-state index is -4.59. The average Bonchev–Trinajstić information content (AvgIpc) is 3.27. The predicted molar refractivity (Wildman–Crippen MR) is 118 cm³/mol. The van der Waals surface area contributed by atoms with Gasteiger partial charge in [0, 0.05) is 18.5 Å². The van der Waals surface area contributed by atoms with E-state index < -0.39 is 23.5 Å². The molecule has 4 rings (SSSR count). The fourth-order valence-corrected chi connectivity index (χ4v) is 3.24. The Kier molecular flexibility index (Phi) is 6.42. The molecule has 4 aromatic rings. The number of carbonyl (C=O) groups is 1. The molecular formula is C23H15ClF4N4O2. The number of nitrogens with one attached hydrogen (secondary N) is 2. The molecule has 2 aromatic heterocycles. The van der Waals surface area contributed by atoms with E-state index in [1.54, 1.807) is 30.3 Å². The lowest BCUT2D eigenvalue weighted by Crippen LogP contribution is -2.31. The molecule has 0 saturated carbocycles. The monoisotopic (exact) mass is 490 g/mol. The van der Waals surface area contributed by atoms with Crippen LogP contribution < -0.4 is 15.6 Å². The van der Waals surface area contributed by atoms with Gasteiger partial charge in [0.1, 0.15) is 23.0 Å². The van der Waals surface area contributed by atoms with Crippen molar-refractivity contribution < 1.29 is 27.1 Å². The quantitative estimate of drug-likeness (QED) is 0.248. The Labute approximate surface area is 195 Å². The van der Waals surface area contributed by atoms with E-state index in [2.05, 4.69) is 15.8 Å². The second-order valence-corrected chi connectivity index (χ2v) is 7.36. The van der Waals surface area contributed by atoms with Gasteiger partial charge in [-0.05, 0) is 54.6 Å². The Morgan fingerprint density at radius 2 is 1.76 bits per heavy atom. The molecule has 0 aliphatic rings. The highest BCUT2D eigenvalue weighted by atomic mass is 35.5. The lowest BCUT2D eigenvalue weighted by atomic mass is 10.2. The van der Waals surface area contributed by atoms with Crippen LogP contribution in [0.2, 0.25) is 5.02 Å². The second-order valence-electron chi connectivity index (χ2n) is 6.95. The smallest absolute Gasteiger partial charge is 0.417 e. The Morgan fingerprint density at radius 3 is 2.44 bits per heavy atom. The van der Waals surface area contributed by atoms with E-state index in [1.165, 1.54) is 41.1 Å². The van der Waals surface area contributed by atoms with Gasteiger partial charge < -0.3 is 4.74 Å². The van der Waals surface area contributed by atoms with Crippen LogP contribution in [0.15, 0.2) is 79.1 Å². The van der Waals surface area contributed by atoms with Crippen LogP contribution in [0.4, 0.5) is 23.2 Å². The van der Waals surface area contributed by atoms with Crippen LogP contribution in [0.3, 0.4) is 0 Å². The highest BCUT2D eigenvalue weighted by Crippen LogP contribution is 2.32. The standard InChI is InChI=1S/C23H15ClF4N4O2/c24-19-11-14(23(26,27)28)13-29-21(19)32-10-2-5-20(32)22(33)31-30-16-6-8-17(9-7-16)34-18-4-1-3-15(25)12-18/h1-13,30H,(H,31,33). The summed E-state index contributed by atoms with van der Waals surface area (Å²) in [5.74, 6) is -0.229. The van der Waals surface area contributed by atoms with Gasteiger partial charge in [0.25, 0.3) is 5.91 Å². The number of halogens is 5. The molecule has 6 nitrogen and oxygen atoms in total. The third kappa shape index (κ3) is 5.29. The number of hydrazine groups is 1. The first-order valence-electron chi connectivity index (χ1n) is 9.71. The normalized spacial score (nSPS) is 11.2. The molecule has 2 aromatic carbocycles. The highest BCUT2D eigenvalue weighted by Gasteiger charge is 2.32. The first-order chi connectivity index (χ1) is 16.2. The molecule has 34 heavy (non-hydrogen) atoms. The van der Waals surface area contributed by atoms with E-state index in [9.17, 15) is 22.4 Å². The Balaban J connectivity index is 1.42. The van der Waals surface area contributed by atoms with E-state index in [-0.39, 0.29) is 16.5 Å². The van der Waals surface area contributed by atoms with Crippen molar-refractivity contribution in [3.05, 3.63) is 101 Å². The van der Waals surface area contributed by atoms with Gasteiger partial charge in [-0.3, -0.25) is 20.2 Å². The number of hydrogen-bond donors (Lipinski definition) is 2. The third-order valence-corrected chi connectivity index (χ3v) is 4.84. The Hall–Kier alpha value is -4.05. The number of ether oxygens (including phenoxy) is 1. The van der Waals surface area contributed by atoms with E-state index in [0.29, 0.717) is 23.4 Å². The van der Waals surface area contributed by atoms with Crippen LogP contribution in [-0.2, 0) is 6.18 Å². The fraction of sp³-hybridized carbons (Fsp3) is 0.0435. The minimum absolute atomic E-state index is 0.0244. The van der Waals surface area contributed by atoms with E-state index >= 15 is 0 Å². The summed E-state index contributed by atoms with van der Waals surface area (Å²) in [7, 11) is 0. The maximum atomic E-state index is 13.3. The lowest BCUT2D eigenvalue weighted by Gasteiger charge is -2.13. The molecule has 0 bridgehead atoms. The minimum Gasteiger partial charge on any atom is -0.457 e.